The van der Waals surface area contributed by atoms with Gasteiger partial charge in [0.1, 0.15) is 0 Å². The number of hydrogen-bond donors (Lipinski definition) is 3. The largest absolute Gasteiger partial charge is 0.394 e. The van der Waals surface area contributed by atoms with Crippen LogP contribution in [0, 0.1) is 0 Å². The SMILES string of the molecule is CC/C=C\C/C=C\C/C=C\C/C=C\C/C=C\CCCCCCCCCCCCCCCCCCCCCCCCCCCC(=O)NC(CO)C(O)CCCCCCCCCCCCCCC. The molecular weight excluding hydrogens is 807 g/mol. The highest BCUT2D eigenvalue weighted by atomic mass is 16.3. The van der Waals surface area contributed by atoms with Crippen molar-refractivity contribution in [3.8, 4) is 0 Å². The fourth-order valence-corrected chi connectivity index (χ4v) is 9.10. The molecule has 2 unspecified atom stereocenters. The van der Waals surface area contributed by atoms with E-state index in [0.717, 1.165) is 57.8 Å². The Bertz CT molecular complexity index is 1090. The first kappa shape index (κ1) is 64.1. The fraction of sp³-hybridized carbons (Fsp3) is 0.823. The van der Waals surface area contributed by atoms with Crippen molar-refractivity contribution in [2.45, 2.75) is 321 Å². The van der Waals surface area contributed by atoms with Gasteiger partial charge in [-0.25, -0.2) is 0 Å². The maximum atomic E-state index is 12.5. The van der Waals surface area contributed by atoms with Crippen LogP contribution >= 0.6 is 0 Å². The first-order valence-corrected chi connectivity index (χ1v) is 29.5. The molecule has 386 valence electrons. The average molecular weight is 923 g/mol. The zero-order chi connectivity index (χ0) is 47.7. The quantitative estimate of drug-likeness (QED) is 0.0420. The van der Waals surface area contributed by atoms with Crippen LogP contribution in [0.25, 0.3) is 0 Å². The molecule has 0 aromatic carbocycles. The minimum atomic E-state index is -0.657. The lowest BCUT2D eigenvalue weighted by molar-refractivity contribution is -0.123. The standard InChI is InChI=1S/C62H115NO3/c1-3-5-7-9-11-13-15-17-18-19-20-21-22-23-24-25-26-27-28-29-30-31-32-33-34-35-36-37-38-39-40-41-42-43-44-46-48-50-52-54-56-58-62(66)63-60(59-64)61(65)57-55-53-51-49-47-45-16-14-12-10-8-6-4-2/h5,7,11,13,17-18,20-21,23-24,60-61,64-65H,3-4,6,8-10,12,14-16,19,22,25-59H2,1-2H3,(H,63,66)/b7-5-,13-11-,18-17-,21-20-,24-23-. The molecule has 2 atom stereocenters. The molecule has 0 aliphatic carbocycles. The van der Waals surface area contributed by atoms with E-state index < -0.39 is 12.1 Å². The number of nitrogens with one attached hydrogen (secondary N) is 1. The van der Waals surface area contributed by atoms with E-state index in [1.54, 1.807) is 0 Å². The van der Waals surface area contributed by atoms with Crippen LogP contribution in [0.3, 0.4) is 0 Å². The number of allylic oxidation sites excluding steroid dienone is 10. The number of hydrogen-bond acceptors (Lipinski definition) is 3. The van der Waals surface area contributed by atoms with Crippen LogP contribution in [-0.2, 0) is 4.79 Å². The van der Waals surface area contributed by atoms with Gasteiger partial charge in [-0.2, -0.15) is 0 Å². The topological polar surface area (TPSA) is 69.6 Å². The molecule has 0 radical (unpaired) electrons. The number of carbonyl (C=O) groups is 1. The van der Waals surface area contributed by atoms with Gasteiger partial charge in [-0.3, -0.25) is 4.79 Å². The number of aliphatic hydroxyl groups is 2. The van der Waals surface area contributed by atoms with Gasteiger partial charge in [0.2, 0.25) is 5.91 Å². The molecular formula is C62H115NO3. The Morgan fingerprint density at radius 2 is 0.667 bits per heavy atom. The van der Waals surface area contributed by atoms with Gasteiger partial charge < -0.3 is 15.5 Å². The lowest BCUT2D eigenvalue weighted by atomic mass is 10.0. The van der Waals surface area contributed by atoms with Gasteiger partial charge in [0.25, 0.3) is 0 Å². The number of rotatable bonds is 54. The summed E-state index contributed by atoms with van der Waals surface area (Å²) in [5.41, 5.74) is 0. The van der Waals surface area contributed by atoms with Crippen molar-refractivity contribution in [3.63, 3.8) is 0 Å². The van der Waals surface area contributed by atoms with Gasteiger partial charge >= 0.3 is 0 Å². The number of amides is 1. The predicted octanol–water partition coefficient (Wildman–Crippen LogP) is 19.6. The Balaban J connectivity index is 3.37. The van der Waals surface area contributed by atoms with Gasteiger partial charge in [-0.05, 0) is 57.8 Å². The summed E-state index contributed by atoms with van der Waals surface area (Å²) in [7, 11) is 0. The van der Waals surface area contributed by atoms with Crippen molar-refractivity contribution in [2.75, 3.05) is 6.61 Å². The Morgan fingerprint density at radius 1 is 0.379 bits per heavy atom. The maximum Gasteiger partial charge on any atom is 0.220 e. The van der Waals surface area contributed by atoms with E-state index in [1.165, 1.54) is 225 Å². The molecule has 66 heavy (non-hydrogen) atoms. The van der Waals surface area contributed by atoms with Crippen molar-refractivity contribution in [3.05, 3.63) is 60.8 Å². The molecule has 4 nitrogen and oxygen atoms in total. The van der Waals surface area contributed by atoms with Crippen molar-refractivity contribution in [1.29, 1.82) is 0 Å². The molecule has 0 fully saturated rings. The van der Waals surface area contributed by atoms with Crippen LogP contribution in [-0.4, -0.2) is 34.9 Å². The smallest absolute Gasteiger partial charge is 0.220 e. The highest BCUT2D eigenvalue weighted by Gasteiger charge is 2.20. The highest BCUT2D eigenvalue weighted by Crippen LogP contribution is 2.18. The highest BCUT2D eigenvalue weighted by molar-refractivity contribution is 5.76. The molecule has 4 heteroatoms. The van der Waals surface area contributed by atoms with E-state index in [0.29, 0.717) is 12.8 Å². The zero-order valence-electron chi connectivity index (χ0n) is 44.5. The third kappa shape index (κ3) is 53.1. The first-order valence-electron chi connectivity index (χ1n) is 29.5. The Labute approximate surface area is 413 Å². The van der Waals surface area contributed by atoms with E-state index >= 15 is 0 Å². The molecule has 0 aromatic rings. The molecule has 0 aliphatic heterocycles. The van der Waals surface area contributed by atoms with Crippen LogP contribution in [0.5, 0.6) is 0 Å². The molecule has 0 saturated carbocycles. The van der Waals surface area contributed by atoms with Gasteiger partial charge in [0.15, 0.2) is 0 Å². The Hall–Kier alpha value is -1.91. The van der Waals surface area contributed by atoms with E-state index in [-0.39, 0.29) is 12.5 Å². The van der Waals surface area contributed by atoms with Crippen LogP contribution < -0.4 is 5.32 Å². The summed E-state index contributed by atoms with van der Waals surface area (Å²) in [6.45, 7) is 4.26. The third-order valence-electron chi connectivity index (χ3n) is 13.5. The lowest BCUT2D eigenvalue weighted by Crippen LogP contribution is -2.45. The van der Waals surface area contributed by atoms with Gasteiger partial charge in [0.05, 0.1) is 18.8 Å². The zero-order valence-corrected chi connectivity index (χ0v) is 44.5. The number of aliphatic hydroxyl groups excluding tert-OH is 2. The van der Waals surface area contributed by atoms with Crippen molar-refractivity contribution in [1.82, 2.24) is 5.32 Å². The second-order valence-electron chi connectivity index (χ2n) is 20.0. The van der Waals surface area contributed by atoms with Crippen LogP contribution in [0.1, 0.15) is 309 Å². The third-order valence-corrected chi connectivity index (χ3v) is 13.5. The van der Waals surface area contributed by atoms with E-state index in [2.05, 4.69) is 79.9 Å². The second kappa shape index (κ2) is 57.4. The monoisotopic (exact) mass is 922 g/mol. The van der Waals surface area contributed by atoms with Crippen LogP contribution in [0.15, 0.2) is 60.8 Å². The molecule has 0 aromatic heterocycles. The summed E-state index contributed by atoms with van der Waals surface area (Å²) in [6, 6.07) is -0.534. The molecule has 0 saturated heterocycles. The summed E-state index contributed by atoms with van der Waals surface area (Å²) in [5.74, 6) is -0.0271. The summed E-state index contributed by atoms with van der Waals surface area (Å²) in [4.78, 5) is 12.5. The molecule has 0 heterocycles. The molecule has 3 N–H and O–H groups in total. The summed E-state index contributed by atoms with van der Waals surface area (Å²) in [6.07, 6.45) is 80.9. The summed E-state index contributed by atoms with van der Waals surface area (Å²) < 4.78 is 0. The van der Waals surface area contributed by atoms with Crippen LogP contribution in [0.2, 0.25) is 0 Å². The van der Waals surface area contributed by atoms with Gasteiger partial charge in [0, 0.05) is 6.42 Å². The Kier molecular flexibility index (Phi) is 55.7. The maximum absolute atomic E-state index is 12.5. The molecule has 0 rings (SSSR count). The minimum Gasteiger partial charge on any atom is -0.394 e. The first-order chi connectivity index (χ1) is 32.7. The molecule has 0 spiro atoms. The van der Waals surface area contributed by atoms with Gasteiger partial charge in [-0.1, -0.05) is 306 Å². The predicted molar refractivity (Wildman–Crippen MR) is 294 cm³/mol. The molecule has 1 amide bonds. The summed E-state index contributed by atoms with van der Waals surface area (Å²) >= 11 is 0. The normalized spacial score (nSPS) is 13.2. The van der Waals surface area contributed by atoms with Crippen molar-refractivity contribution < 1.29 is 15.0 Å². The fourth-order valence-electron chi connectivity index (χ4n) is 9.10. The van der Waals surface area contributed by atoms with Crippen LogP contribution in [0.4, 0.5) is 0 Å². The van der Waals surface area contributed by atoms with E-state index in [1.807, 2.05) is 0 Å². The van der Waals surface area contributed by atoms with E-state index in [9.17, 15) is 15.0 Å². The Morgan fingerprint density at radius 3 is 1.00 bits per heavy atom. The lowest BCUT2D eigenvalue weighted by Gasteiger charge is -2.22. The molecule has 0 bridgehead atoms. The van der Waals surface area contributed by atoms with Crippen molar-refractivity contribution >= 4 is 5.91 Å². The summed E-state index contributed by atoms with van der Waals surface area (Å²) in [5, 5.41) is 23.3. The molecule has 0 aliphatic rings. The minimum absolute atomic E-state index is 0.0271. The average Bonchev–Trinajstić information content (AvgIpc) is 3.32. The van der Waals surface area contributed by atoms with Gasteiger partial charge in [-0.15, -0.1) is 0 Å². The van der Waals surface area contributed by atoms with E-state index in [4.69, 9.17) is 0 Å². The van der Waals surface area contributed by atoms with Crippen molar-refractivity contribution in [2.24, 2.45) is 0 Å². The number of carbonyl (C=O) groups excluding carboxylic acids is 1. The second-order valence-corrected chi connectivity index (χ2v) is 20.0. The number of unbranched alkanes of at least 4 members (excludes halogenated alkanes) is 37.